The standard InChI is InChI=1S/C26H40N4O7/c1-17(2)15-20-19(24(33)30-36)11-8-14-37-26(35)27-13-7-6-12-21(29-23(20)32)25(34)28-16-22(31)18-9-4-3-5-10-18/h3-5,9-10,17,19-22,31,36H,6-8,11-16H2,1-2H3,(H,27,35)(H,28,34)(H,29,32)(H,30,33)/t19-,20?,21?,22?/m0/s1. The van der Waals surface area contributed by atoms with E-state index in [9.17, 15) is 29.5 Å². The Morgan fingerprint density at radius 1 is 1.08 bits per heavy atom. The van der Waals surface area contributed by atoms with Gasteiger partial charge in [-0.05, 0) is 50.0 Å². The van der Waals surface area contributed by atoms with E-state index >= 15 is 0 Å². The zero-order chi connectivity index (χ0) is 27.2. The maximum absolute atomic E-state index is 13.4. The number of cyclic esters (lactones) is 1. The lowest BCUT2D eigenvalue weighted by molar-refractivity contribution is -0.142. The lowest BCUT2D eigenvalue weighted by Gasteiger charge is -2.28. The predicted octanol–water partition coefficient (Wildman–Crippen LogP) is 1.80. The summed E-state index contributed by atoms with van der Waals surface area (Å²) in [6.07, 6.45) is 0.758. The average molecular weight is 521 g/mol. The average Bonchev–Trinajstić information content (AvgIpc) is 2.89. The molecule has 1 aliphatic rings. The molecule has 2 rings (SSSR count). The Labute approximate surface area is 217 Å². The van der Waals surface area contributed by atoms with Gasteiger partial charge in [0.25, 0.3) is 0 Å². The molecular weight excluding hydrogens is 480 g/mol. The van der Waals surface area contributed by atoms with Crippen LogP contribution in [0, 0.1) is 17.8 Å². The van der Waals surface area contributed by atoms with Crippen molar-refractivity contribution in [3.8, 4) is 0 Å². The maximum Gasteiger partial charge on any atom is 0.407 e. The number of aliphatic hydroxyl groups is 1. The highest BCUT2D eigenvalue weighted by atomic mass is 16.5. The highest BCUT2D eigenvalue weighted by molar-refractivity contribution is 5.91. The number of hydrogen-bond acceptors (Lipinski definition) is 7. The molecular formula is C26H40N4O7. The van der Waals surface area contributed by atoms with Crippen molar-refractivity contribution in [3.63, 3.8) is 0 Å². The smallest absolute Gasteiger partial charge is 0.407 e. The van der Waals surface area contributed by atoms with Crippen molar-refractivity contribution in [1.82, 2.24) is 21.4 Å². The van der Waals surface area contributed by atoms with Gasteiger partial charge in [-0.15, -0.1) is 0 Å². The Hall–Kier alpha value is -3.18. The molecule has 0 spiro atoms. The van der Waals surface area contributed by atoms with Gasteiger partial charge in [0.2, 0.25) is 17.7 Å². The molecule has 4 atom stereocenters. The number of ether oxygens (including phenoxy) is 1. The van der Waals surface area contributed by atoms with Gasteiger partial charge < -0.3 is 25.8 Å². The zero-order valence-electron chi connectivity index (χ0n) is 21.6. The van der Waals surface area contributed by atoms with E-state index in [1.165, 1.54) is 0 Å². The van der Waals surface area contributed by atoms with Crippen LogP contribution in [0.5, 0.6) is 0 Å². The van der Waals surface area contributed by atoms with Gasteiger partial charge in [-0.3, -0.25) is 19.6 Å². The summed E-state index contributed by atoms with van der Waals surface area (Å²) in [6.45, 7) is 4.21. The molecule has 6 N–H and O–H groups in total. The largest absolute Gasteiger partial charge is 0.450 e. The van der Waals surface area contributed by atoms with Crippen LogP contribution in [-0.2, 0) is 19.1 Å². The first-order chi connectivity index (χ1) is 17.7. The number of carbonyl (C=O) groups is 4. The molecule has 0 aromatic heterocycles. The number of amides is 4. The molecule has 3 unspecified atom stereocenters. The van der Waals surface area contributed by atoms with Gasteiger partial charge in [-0.2, -0.15) is 0 Å². The van der Waals surface area contributed by atoms with Crippen LogP contribution in [-0.4, -0.2) is 59.9 Å². The van der Waals surface area contributed by atoms with Crippen LogP contribution in [0.4, 0.5) is 4.79 Å². The van der Waals surface area contributed by atoms with Gasteiger partial charge in [0.1, 0.15) is 6.04 Å². The molecule has 1 aromatic carbocycles. The summed E-state index contributed by atoms with van der Waals surface area (Å²) < 4.78 is 5.14. The highest BCUT2D eigenvalue weighted by Crippen LogP contribution is 2.26. The Morgan fingerprint density at radius 3 is 2.49 bits per heavy atom. The molecule has 1 heterocycles. The van der Waals surface area contributed by atoms with Crippen LogP contribution in [0.1, 0.15) is 64.0 Å². The number of hydrogen-bond donors (Lipinski definition) is 6. The number of alkyl carbamates (subject to hydrolysis) is 1. The van der Waals surface area contributed by atoms with Crippen LogP contribution < -0.4 is 21.4 Å². The molecule has 4 amide bonds. The minimum atomic E-state index is -0.912. The van der Waals surface area contributed by atoms with Gasteiger partial charge in [0.15, 0.2) is 0 Å². The van der Waals surface area contributed by atoms with E-state index in [4.69, 9.17) is 4.74 Å². The van der Waals surface area contributed by atoms with E-state index in [1.807, 2.05) is 19.9 Å². The molecule has 1 saturated heterocycles. The predicted molar refractivity (Wildman–Crippen MR) is 135 cm³/mol. The van der Waals surface area contributed by atoms with Crippen molar-refractivity contribution in [2.24, 2.45) is 17.8 Å². The first-order valence-electron chi connectivity index (χ1n) is 12.9. The Kier molecular flexibility index (Phi) is 12.9. The van der Waals surface area contributed by atoms with E-state index < -0.39 is 47.8 Å². The SMILES string of the molecule is CC(C)CC1C(=O)NC(C(=O)NCC(O)c2ccccc2)CCCCNC(=O)OCCC[C@@H]1C(=O)NO. The van der Waals surface area contributed by atoms with Gasteiger partial charge in [0, 0.05) is 19.0 Å². The van der Waals surface area contributed by atoms with Crippen LogP contribution in [0.2, 0.25) is 0 Å². The lowest BCUT2D eigenvalue weighted by atomic mass is 9.81. The van der Waals surface area contributed by atoms with E-state index in [0.717, 1.165) is 0 Å². The first-order valence-corrected chi connectivity index (χ1v) is 12.9. The van der Waals surface area contributed by atoms with Gasteiger partial charge in [0.05, 0.1) is 18.6 Å². The molecule has 0 aliphatic carbocycles. The molecule has 37 heavy (non-hydrogen) atoms. The molecule has 11 nitrogen and oxygen atoms in total. The summed E-state index contributed by atoms with van der Waals surface area (Å²) in [7, 11) is 0. The molecule has 11 heteroatoms. The summed E-state index contributed by atoms with van der Waals surface area (Å²) in [5, 5.41) is 27.9. The van der Waals surface area contributed by atoms with Gasteiger partial charge in [-0.25, -0.2) is 10.3 Å². The summed E-state index contributed by atoms with van der Waals surface area (Å²) in [5.74, 6) is -3.25. The number of aliphatic hydroxyl groups excluding tert-OH is 1. The first kappa shape index (κ1) is 30.0. The molecule has 1 aromatic rings. The Balaban J connectivity index is 2.21. The van der Waals surface area contributed by atoms with Crippen LogP contribution >= 0.6 is 0 Å². The monoisotopic (exact) mass is 520 g/mol. The highest BCUT2D eigenvalue weighted by Gasteiger charge is 2.35. The van der Waals surface area contributed by atoms with Crippen molar-refractivity contribution in [3.05, 3.63) is 35.9 Å². The number of nitrogens with one attached hydrogen (secondary N) is 4. The molecule has 1 aliphatic heterocycles. The molecule has 1 fully saturated rings. The third kappa shape index (κ3) is 10.4. The van der Waals surface area contributed by atoms with E-state index in [-0.39, 0.29) is 25.5 Å². The maximum atomic E-state index is 13.4. The normalized spacial score (nSPS) is 22.9. The van der Waals surface area contributed by atoms with E-state index in [0.29, 0.717) is 44.2 Å². The second-order valence-corrected chi connectivity index (χ2v) is 9.75. The fraction of sp³-hybridized carbons (Fsp3) is 0.615. The van der Waals surface area contributed by atoms with Crippen LogP contribution in [0.15, 0.2) is 30.3 Å². The quantitative estimate of drug-likeness (QED) is 0.235. The minimum Gasteiger partial charge on any atom is -0.450 e. The minimum absolute atomic E-state index is 0.0341. The van der Waals surface area contributed by atoms with Crippen molar-refractivity contribution < 1.29 is 34.2 Å². The van der Waals surface area contributed by atoms with Crippen molar-refractivity contribution >= 4 is 23.8 Å². The fourth-order valence-electron chi connectivity index (χ4n) is 4.40. The summed E-state index contributed by atoms with van der Waals surface area (Å²) in [5.41, 5.74) is 2.30. The fourth-order valence-corrected chi connectivity index (χ4v) is 4.40. The van der Waals surface area contributed by atoms with E-state index in [1.54, 1.807) is 29.7 Å². The summed E-state index contributed by atoms with van der Waals surface area (Å²) in [6, 6.07) is 8.01. The number of hydroxylamine groups is 1. The van der Waals surface area contributed by atoms with E-state index in [2.05, 4.69) is 16.0 Å². The Morgan fingerprint density at radius 2 is 1.81 bits per heavy atom. The number of carbonyl (C=O) groups excluding carboxylic acids is 4. The topological polar surface area (TPSA) is 166 Å². The number of rotatable bonds is 7. The van der Waals surface area contributed by atoms with Crippen molar-refractivity contribution in [1.29, 1.82) is 0 Å². The molecule has 0 bridgehead atoms. The third-order valence-corrected chi connectivity index (χ3v) is 6.36. The third-order valence-electron chi connectivity index (χ3n) is 6.36. The number of benzene rings is 1. The summed E-state index contributed by atoms with van der Waals surface area (Å²) in [4.78, 5) is 50.9. The molecule has 0 radical (unpaired) electrons. The Bertz CT molecular complexity index is 881. The zero-order valence-corrected chi connectivity index (χ0v) is 21.6. The van der Waals surface area contributed by atoms with Crippen LogP contribution in [0.3, 0.4) is 0 Å². The second-order valence-electron chi connectivity index (χ2n) is 9.75. The molecule has 0 saturated carbocycles. The summed E-state index contributed by atoms with van der Waals surface area (Å²) >= 11 is 0. The second kappa shape index (κ2) is 15.8. The van der Waals surface area contributed by atoms with Crippen molar-refractivity contribution in [2.75, 3.05) is 19.7 Å². The van der Waals surface area contributed by atoms with Crippen LogP contribution in [0.25, 0.3) is 0 Å². The van der Waals surface area contributed by atoms with Crippen molar-refractivity contribution in [2.45, 2.75) is 64.5 Å². The van der Waals surface area contributed by atoms with Gasteiger partial charge >= 0.3 is 6.09 Å². The lowest BCUT2D eigenvalue weighted by Crippen LogP contribution is -2.51. The van der Waals surface area contributed by atoms with Gasteiger partial charge in [-0.1, -0.05) is 44.2 Å². The molecule has 206 valence electrons.